The van der Waals surface area contributed by atoms with Gasteiger partial charge in [0.15, 0.2) is 0 Å². The van der Waals surface area contributed by atoms with Crippen molar-refractivity contribution in [3.63, 3.8) is 0 Å². The summed E-state index contributed by atoms with van der Waals surface area (Å²) in [7, 11) is 0. The summed E-state index contributed by atoms with van der Waals surface area (Å²) in [6, 6.07) is 25.7. The van der Waals surface area contributed by atoms with E-state index in [0.29, 0.717) is 0 Å². The molecule has 0 radical (unpaired) electrons. The van der Waals surface area contributed by atoms with Crippen LogP contribution >= 0.6 is 0 Å². The summed E-state index contributed by atoms with van der Waals surface area (Å²) in [5, 5.41) is 6.02. The molecule has 3 aromatic carbocycles. The van der Waals surface area contributed by atoms with Crippen molar-refractivity contribution in [2.45, 2.75) is 12.2 Å². The maximum absolute atomic E-state index is 6.56. The smallest absolute Gasteiger partial charge is 0.0816 e. The number of ether oxygens (including phenoxy) is 1. The molecule has 1 aliphatic heterocycles. The third kappa shape index (κ3) is 4.20. The van der Waals surface area contributed by atoms with Crippen LogP contribution in [0, 0.1) is 0 Å². The molecule has 0 amide bonds. The molecule has 2 atom stereocenters. The van der Waals surface area contributed by atoms with Gasteiger partial charge in [-0.2, -0.15) is 0 Å². The third-order valence-electron chi connectivity index (χ3n) is 5.36. The number of nitrogens with one attached hydrogen (secondary N) is 1. The fraction of sp³-hybridized carbons (Fsp3) is 0.304. The first-order valence-electron chi connectivity index (χ1n) is 9.66. The first kappa shape index (κ1) is 18.1. The largest absolute Gasteiger partial charge is 0.379 e. The molecule has 1 saturated heterocycles. The number of nitrogens with two attached hydrogens (primary N) is 1. The molecule has 0 spiro atoms. The zero-order valence-electron chi connectivity index (χ0n) is 15.6. The second-order valence-electron chi connectivity index (χ2n) is 7.03. The van der Waals surface area contributed by atoms with E-state index >= 15 is 0 Å². The van der Waals surface area contributed by atoms with Gasteiger partial charge in [-0.25, -0.2) is 0 Å². The number of morpholine rings is 1. The molecule has 140 valence electrons. The Morgan fingerprint density at radius 2 is 1.59 bits per heavy atom. The first-order valence-corrected chi connectivity index (χ1v) is 9.66. The highest BCUT2D eigenvalue weighted by Gasteiger charge is 2.23. The molecule has 0 bridgehead atoms. The number of hydrogen-bond acceptors (Lipinski definition) is 4. The minimum Gasteiger partial charge on any atom is -0.379 e. The van der Waals surface area contributed by atoms with Gasteiger partial charge < -0.3 is 10.5 Å². The predicted molar refractivity (Wildman–Crippen MR) is 110 cm³/mol. The van der Waals surface area contributed by atoms with Gasteiger partial charge in [0.25, 0.3) is 0 Å². The molecule has 4 rings (SSSR count). The molecular formula is C23H27N3O. The van der Waals surface area contributed by atoms with E-state index in [1.54, 1.807) is 0 Å². The summed E-state index contributed by atoms with van der Waals surface area (Å²) in [6.07, 6.45) is -0.205. The minimum absolute atomic E-state index is 0.205. The predicted octanol–water partition coefficient (Wildman–Crippen LogP) is 3.46. The summed E-state index contributed by atoms with van der Waals surface area (Å²) in [6.45, 7) is 4.28. The van der Waals surface area contributed by atoms with Crippen LogP contribution in [-0.4, -0.2) is 37.7 Å². The molecule has 1 heterocycles. The molecule has 0 aliphatic carbocycles. The van der Waals surface area contributed by atoms with Crippen molar-refractivity contribution >= 4 is 10.8 Å². The highest BCUT2D eigenvalue weighted by atomic mass is 16.5. The van der Waals surface area contributed by atoms with Crippen LogP contribution in [0.5, 0.6) is 0 Å². The van der Waals surface area contributed by atoms with Gasteiger partial charge in [-0.1, -0.05) is 72.8 Å². The molecule has 1 fully saturated rings. The average Bonchev–Trinajstić information content (AvgIpc) is 2.75. The number of benzene rings is 3. The number of fused-ring (bicyclic) bond motifs is 1. The van der Waals surface area contributed by atoms with E-state index in [-0.39, 0.29) is 12.2 Å². The van der Waals surface area contributed by atoms with Crippen molar-refractivity contribution in [2.75, 3.05) is 32.8 Å². The molecule has 3 aromatic rings. The summed E-state index contributed by atoms with van der Waals surface area (Å²) >= 11 is 0. The van der Waals surface area contributed by atoms with Crippen LogP contribution in [0.15, 0.2) is 72.8 Å². The van der Waals surface area contributed by atoms with Crippen molar-refractivity contribution in [3.8, 4) is 0 Å². The molecule has 0 aromatic heterocycles. The minimum atomic E-state index is -0.205. The summed E-state index contributed by atoms with van der Waals surface area (Å²) in [5.41, 5.74) is 9.02. The third-order valence-corrected chi connectivity index (χ3v) is 5.36. The van der Waals surface area contributed by atoms with Crippen LogP contribution in [0.4, 0.5) is 0 Å². The molecule has 1 aliphatic rings. The lowest BCUT2D eigenvalue weighted by Crippen LogP contribution is -2.44. The standard InChI is InChI=1S/C23H27N3O/c24-23(21-12-6-10-18-7-4-5-11-20(18)21)25-17-22(19-8-2-1-3-9-19)26-13-15-27-16-14-26/h1-12,22-23,25H,13-17,24H2. The van der Waals surface area contributed by atoms with Gasteiger partial charge in [0.1, 0.15) is 0 Å². The highest BCUT2D eigenvalue weighted by Crippen LogP contribution is 2.24. The van der Waals surface area contributed by atoms with Gasteiger partial charge >= 0.3 is 0 Å². The number of hydrogen-bond donors (Lipinski definition) is 2. The van der Waals surface area contributed by atoms with Gasteiger partial charge in [0, 0.05) is 25.7 Å². The highest BCUT2D eigenvalue weighted by molar-refractivity contribution is 5.86. The average molecular weight is 361 g/mol. The van der Waals surface area contributed by atoms with Crippen molar-refractivity contribution < 1.29 is 4.74 Å². The van der Waals surface area contributed by atoms with Crippen molar-refractivity contribution in [2.24, 2.45) is 5.73 Å². The zero-order chi connectivity index (χ0) is 18.5. The topological polar surface area (TPSA) is 50.5 Å². The van der Waals surface area contributed by atoms with Crippen LogP contribution in [0.25, 0.3) is 10.8 Å². The van der Waals surface area contributed by atoms with Gasteiger partial charge in [0.2, 0.25) is 0 Å². The maximum atomic E-state index is 6.56. The Morgan fingerprint density at radius 1 is 0.889 bits per heavy atom. The first-order chi connectivity index (χ1) is 13.3. The monoisotopic (exact) mass is 361 g/mol. The Kier molecular flexibility index (Phi) is 5.80. The SMILES string of the molecule is NC(NCC(c1ccccc1)N1CCOCC1)c1cccc2ccccc12. The second-order valence-corrected chi connectivity index (χ2v) is 7.03. The van der Waals surface area contributed by atoms with Crippen LogP contribution in [0.1, 0.15) is 23.3 Å². The number of nitrogens with zero attached hydrogens (tertiary/aromatic N) is 1. The molecule has 4 heteroatoms. The Labute approximate surface area is 160 Å². The molecule has 3 N–H and O–H groups in total. The van der Waals surface area contributed by atoms with Gasteiger partial charge in [-0.05, 0) is 21.9 Å². The van der Waals surface area contributed by atoms with E-state index in [1.807, 2.05) is 0 Å². The maximum Gasteiger partial charge on any atom is 0.0816 e. The second kappa shape index (κ2) is 8.63. The molecule has 0 saturated carbocycles. The van der Waals surface area contributed by atoms with Gasteiger partial charge in [-0.3, -0.25) is 10.2 Å². The Hall–Kier alpha value is -2.24. The fourth-order valence-electron chi connectivity index (χ4n) is 3.89. The molecule has 27 heavy (non-hydrogen) atoms. The Bertz CT molecular complexity index is 856. The van der Waals surface area contributed by atoms with Crippen molar-refractivity contribution in [3.05, 3.63) is 83.9 Å². The lowest BCUT2D eigenvalue weighted by Gasteiger charge is -2.35. The van der Waals surface area contributed by atoms with Crippen LogP contribution in [0.2, 0.25) is 0 Å². The van der Waals surface area contributed by atoms with Crippen molar-refractivity contribution in [1.29, 1.82) is 0 Å². The lowest BCUT2D eigenvalue weighted by atomic mass is 10.0. The summed E-state index contributed by atoms with van der Waals surface area (Å²) in [5.74, 6) is 0. The van der Waals surface area contributed by atoms with Gasteiger partial charge in [0.05, 0.1) is 19.4 Å². The fourth-order valence-corrected chi connectivity index (χ4v) is 3.89. The normalized spacial score (nSPS) is 17.7. The van der Waals surface area contributed by atoms with E-state index in [1.165, 1.54) is 16.3 Å². The summed E-state index contributed by atoms with van der Waals surface area (Å²) in [4.78, 5) is 2.49. The van der Waals surface area contributed by atoms with Crippen LogP contribution in [-0.2, 0) is 4.74 Å². The summed E-state index contributed by atoms with van der Waals surface area (Å²) < 4.78 is 5.54. The van der Waals surface area contributed by atoms with Crippen molar-refractivity contribution in [1.82, 2.24) is 10.2 Å². The Balaban J connectivity index is 1.53. The molecule has 4 nitrogen and oxygen atoms in total. The zero-order valence-corrected chi connectivity index (χ0v) is 15.6. The van der Waals surface area contributed by atoms with E-state index in [0.717, 1.165) is 38.4 Å². The lowest BCUT2D eigenvalue weighted by molar-refractivity contribution is 0.0156. The molecular weight excluding hydrogens is 334 g/mol. The number of rotatable bonds is 6. The van der Waals surface area contributed by atoms with Crippen LogP contribution in [0.3, 0.4) is 0 Å². The van der Waals surface area contributed by atoms with E-state index in [9.17, 15) is 0 Å². The molecule has 2 unspecified atom stereocenters. The van der Waals surface area contributed by atoms with Crippen LogP contribution < -0.4 is 11.1 Å². The van der Waals surface area contributed by atoms with E-state index in [4.69, 9.17) is 10.5 Å². The Morgan fingerprint density at radius 3 is 2.41 bits per heavy atom. The van der Waals surface area contributed by atoms with E-state index < -0.39 is 0 Å². The van der Waals surface area contributed by atoms with Gasteiger partial charge in [-0.15, -0.1) is 0 Å². The quantitative estimate of drug-likeness (QED) is 0.660. The van der Waals surface area contributed by atoms with E-state index in [2.05, 4.69) is 83.0 Å².